The summed E-state index contributed by atoms with van der Waals surface area (Å²) in [6.07, 6.45) is 0. The second-order valence-electron chi connectivity index (χ2n) is 5.18. The molecule has 0 unspecified atom stereocenters. The summed E-state index contributed by atoms with van der Waals surface area (Å²) >= 11 is 4.66. The van der Waals surface area contributed by atoms with Crippen LogP contribution in [0.2, 0.25) is 0 Å². The smallest absolute Gasteiger partial charge is 0.257 e. The van der Waals surface area contributed by atoms with Gasteiger partial charge >= 0.3 is 0 Å². The molecule has 0 aliphatic carbocycles. The lowest BCUT2D eigenvalue weighted by Crippen LogP contribution is -2.18. The van der Waals surface area contributed by atoms with Crippen LogP contribution in [0.25, 0.3) is 11.5 Å². The largest absolute Gasteiger partial charge is 0.458 e. The Balaban J connectivity index is 1.68. The molecule has 0 saturated heterocycles. The summed E-state index contributed by atoms with van der Waals surface area (Å²) in [5.41, 5.74) is 1.17. The Labute approximate surface area is 156 Å². The number of carbonyl (C=O) groups is 2. The molecule has 0 saturated carbocycles. The SMILES string of the molecule is CC(=O)NCc1ccc(-c2csc(NC(=O)c3cccc(Br)c3)n2)o1. The number of thiazole rings is 1. The van der Waals surface area contributed by atoms with Crippen LogP contribution in [-0.2, 0) is 11.3 Å². The Morgan fingerprint density at radius 2 is 2.12 bits per heavy atom. The molecule has 0 atom stereocenters. The van der Waals surface area contributed by atoms with Crippen molar-refractivity contribution in [3.05, 3.63) is 57.6 Å². The van der Waals surface area contributed by atoms with E-state index in [9.17, 15) is 9.59 Å². The molecule has 2 aromatic heterocycles. The number of amides is 2. The molecule has 128 valence electrons. The molecule has 2 N–H and O–H groups in total. The van der Waals surface area contributed by atoms with Gasteiger partial charge in [0.05, 0.1) is 6.54 Å². The fourth-order valence-corrected chi connectivity index (χ4v) is 3.16. The van der Waals surface area contributed by atoms with Crippen LogP contribution in [0.15, 0.2) is 50.7 Å². The molecule has 0 fully saturated rings. The molecule has 1 aromatic carbocycles. The van der Waals surface area contributed by atoms with E-state index in [0.29, 0.717) is 34.5 Å². The molecule has 2 heterocycles. The highest BCUT2D eigenvalue weighted by Gasteiger charge is 2.12. The number of rotatable bonds is 5. The van der Waals surface area contributed by atoms with Gasteiger partial charge in [-0.3, -0.25) is 14.9 Å². The standard InChI is InChI=1S/C17H14BrN3O3S/c1-10(22)19-8-13-5-6-15(24-13)14-9-25-17(20-14)21-16(23)11-3-2-4-12(18)7-11/h2-7,9H,8H2,1H3,(H,19,22)(H,20,21,23). The zero-order valence-corrected chi connectivity index (χ0v) is 15.6. The topological polar surface area (TPSA) is 84.2 Å². The molecule has 25 heavy (non-hydrogen) atoms. The third-order valence-corrected chi connectivity index (χ3v) is 4.49. The molecule has 3 aromatic rings. The van der Waals surface area contributed by atoms with Crippen LogP contribution in [0, 0.1) is 0 Å². The van der Waals surface area contributed by atoms with Gasteiger partial charge < -0.3 is 9.73 Å². The number of hydrogen-bond donors (Lipinski definition) is 2. The van der Waals surface area contributed by atoms with Crippen LogP contribution in [-0.4, -0.2) is 16.8 Å². The fourth-order valence-electron chi connectivity index (χ4n) is 2.07. The molecule has 8 heteroatoms. The first-order valence-electron chi connectivity index (χ1n) is 7.37. The molecule has 6 nitrogen and oxygen atoms in total. The van der Waals surface area contributed by atoms with Crippen LogP contribution in [0.5, 0.6) is 0 Å². The van der Waals surface area contributed by atoms with E-state index in [1.54, 1.807) is 35.7 Å². The minimum absolute atomic E-state index is 0.121. The number of furan rings is 1. The number of benzene rings is 1. The van der Waals surface area contributed by atoms with E-state index >= 15 is 0 Å². The second kappa shape index (κ2) is 7.62. The van der Waals surface area contributed by atoms with Crippen molar-refractivity contribution in [2.75, 3.05) is 5.32 Å². The number of anilines is 1. The average molecular weight is 420 g/mol. The van der Waals surface area contributed by atoms with Crippen LogP contribution in [0.3, 0.4) is 0 Å². The van der Waals surface area contributed by atoms with Gasteiger partial charge in [-0.2, -0.15) is 0 Å². The lowest BCUT2D eigenvalue weighted by atomic mass is 10.2. The van der Waals surface area contributed by atoms with E-state index in [4.69, 9.17) is 4.42 Å². The molecular formula is C17H14BrN3O3S. The Kier molecular flexibility index (Phi) is 5.30. The molecule has 0 aliphatic rings. The Morgan fingerprint density at radius 1 is 1.28 bits per heavy atom. The maximum absolute atomic E-state index is 12.2. The molecule has 3 rings (SSSR count). The van der Waals surface area contributed by atoms with Gasteiger partial charge in [-0.25, -0.2) is 4.98 Å². The number of hydrogen-bond acceptors (Lipinski definition) is 5. The van der Waals surface area contributed by atoms with Crippen molar-refractivity contribution >= 4 is 44.2 Å². The van der Waals surface area contributed by atoms with Gasteiger partial charge in [-0.1, -0.05) is 22.0 Å². The van der Waals surface area contributed by atoms with Crippen LogP contribution >= 0.6 is 27.3 Å². The van der Waals surface area contributed by atoms with Crippen molar-refractivity contribution in [1.29, 1.82) is 0 Å². The lowest BCUT2D eigenvalue weighted by molar-refractivity contribution is -0.119. The van der Waals surface area contributed by atoms with Crippen LogP contribution in [0.4, 0.5) is 5.13 Å². The van der Waals surface area contributed by atoms with Crippen molar-refractivity contribution in [2.45, 2.75) is 13.5 Å². The summed E-state index contributed by atoms with van der Waals surface area (Å²) in [6, 6.07) is 10.7. The zero-order valence-electron chi connectivity index (χ0n) is 13.2. The first-order valence-corrected chi connectivity index (χ1v) is 9.04. The van der Waals surface area contributed by atoms with E-state index in [2.05, 4.69) is 31.5 Å². The summed E-state index contributed by atoms with van der Waals surface area (Å²) in [5, 5.41) is 7.73. The van der Waals surface area contributed by atoms with Crippen molar-refractivity contribution < 1.29 is 14.0 Å². The first-order chi connectivity index (χ1) is 12.0. The van der Waals surface area contributed by atoms with E-state index in [1.807, 2.05) is 6.07 Å². The quantitative estimate of drug-likeness (QED) is 0.652. The minimum Gasteiger partial charge on any atom is -0.458 e. The molecule has 2 amide bonds. The fraction of sp³-hybridized carbons (Fsp3) is 0.118. The van der Waals surface area contributed by atoms with Gasteiger partial charge in [0.2, 0.25) is 5.91 Å². The predicted octanol–water partition coefficient (Wildman–Crippen LogP) is 4.05. The minimum atomic E-state index is -0.229. The van der Waals surface area contributed by atoms with E-state index in [-0.39, 0.29) is 11.8 Å². The Hall–Kier alpha value is -2.45. The summed E-state index contributed by atoms with van der Waals surface area (Å²) in [4.78, 5) is 27.5. The van der Waals surface area contributed by atoms with Gasteiger partial charge in [-0.05, 0) is 30.3 Å². The number of aromatic nitrogens is 1. The third kappa shape index (κ3) is 4.55. The van der Waals surface area contributed by atoms with Gasteiger partial charge in [0, 0.05) is 22.3 Å². The lowest BCUT2D eigenvalue weighted by Gasteiger charge is -2.01. The first kappa shape index (κ1) is 17.4. The number of carbonyl (C=O) groups excluding carboxylic acids is 2. The highest BCUT2D eigenvalue weighted by molar-refractivity contribution is 9.10. The van der Waals surface area contributed by atoms with E-state index in [0.717, 1.165) is 4.47 Å². The van der Waals surface area contributed by atoms with Gasteiger partial charge in [0.1, 0.15) is 11.5 Å². The summed E-state index contributed by atoms with van der Waals surface area (Å²) < 4.78 is 6.48. The third-order valence-electron chi connectivity index (χ3n) is 3.24. The van der Waals surface area contributed by atoms with Crippen molar-refractivity contribution in [1.82, 2.24) is 10.3 Å². The van der Waals surface area contributed by atoms with E-state index in [1.165, 1.54) is 18.3 Å². The normalized spacial score (nSPS) is 10.5. The number of nitrogens with zero attached hydrogens (tertiary/aromatic N) is 1. The monoisotopic (exact) mass is 419 g/mol. The van der Waals surface area contributed by atoms with Gasteiger partial charge in [0.25, 0.3) is 5.91 Å². The average Bonchev–Trinajstić information content (AvgIpc) is 3.22. The summed E-state index contributed by atoms with van der Waals surface area (Å²) in [6.45, 7) is 1.77. The number of nitrogens with one attached hydrogen (secondary N) is 2. The second-order valence-corrected chi connectivity index (χ2v) is 6.95. The molecule has 0 aliphatic heterocycles. The Bertz CT molecular complexity index is 919. The highest BCUT2D eigenvalue weighted by atomic mass is 79.9. The maximum atomic E-state index is 12.2. The highest BCUT2D eigenvalue weighted by Crippen LogP contribution is 2.27. The van der Waals surface area contributed by atoms with Gasteiger partial charge in [0.15, 0.2) is 10.9 Å². The van der Waals surface area contributed by atoms with Crippen LogP contribution in [0.1, 0.15) is 23.0 Å². The van der Waals surface area contributed by atoms with Crippen LogP contribution < -0.4 is 10.6 Å². The van der Waals surface area contributed by atoms with Gasteiger partial charge in [-0.15, -0.1) is 11.3 Å². The van der Waals surface area contributed by atoms with Crippen molar-refractivity contribution in [3.8, 4) is 11.5 Å². The summed E-state index contributed by atoms with van der Waals surface area (Å²) in [5.74, 6) is 0.870. The molecule has 0 bridgehead atoms. The van der Waals surface area contributed by atoms with E-state index < -0.39 is 0 Å². The van der Waals surface area contributed by atoms with Crippen molar-refractivity contribution in [3.63, 3.8) is 0 Å². The summed E-state index contributed by atoms with van der Waals surface area (Å²) in [7, 11) is 0. The maximum Gasteiger partial charge on any atom is 0.257 e. The zero-order chi connectivity index (χ0) is 17.8. The predicted molar refractivity (Wildman–Crippen MR) is 99.4 cm³/mol. The number of halogens is 1. The molecule has 0 spiro atoms. The molecule has 0 radical (unpaired) electrons. The van der Waals surface area contributed by atoms with Crippen molar-refractivity contribution in [2.24, 2.45) is 0 Å². The Morgan fingerprint density at radius 3 is 2.88 bits per heavy atom. The molecular weight excluding hydrogens is 406 g/mol.